The highest BCUT2D eigenvalue weighted by Crippen LogP contribution is 2.51. The Balaban J connectivity index is 1.05. The molecule has 2 aromatic heterocycles. The number of fused-ring (bicyclic) bond motifs is 3. The number of alkyl halides is 5. The van der Waals surface area contributed by atoms with Crippen LogP contribution >= 0.6 is 0 Å². The Morgan fingerprint density at radius 3 is 2.40 bits per heavy atom. The normalized spacial score (nSPS) is 31.0. The molecule has 268 valence electrons. The average Bonchev–Trinajstić information content (AvgIpc) is 3.77. The maximum absolute atomic E-state index is 14.6. The number of nitrogens with zero attached hydrogens (tertiary/aromatic N) is 4. The van der Waals surface area contributed by atoms with E-state index in [-0.39, 0.29) is 61.3 Å². The largest absolute Gasteiger partial charge is 0.490 e. The van der Waals surface area contributed by atoms with E-state index in [0.717, 1.165) is 56.7 Å². The third kappa shape index (κ3) is 6.00. The number of likely N-dealkylation sites (tertiary alicyclic amines) is 1. The summed E-state index contributed by atoms with van der Waals surface area (Å²) in [6, 6.07) is 5.71. The number of carboxylic acids is 1. The topological polar surface area (TPSA) is 110 Å². The van der Waals surface area contributed by atoms with Crippen molar-refractivity contribution in [3.8, 4) is 17.1 Å². The molecule has 1 aromatic carbocycles. The van der Waals surface area contributed by atoms with Crippen LogP contribution in [0.5, 0.6) is 5.75 Å². The predicted octanol–water partition coefficient (Wildman–Crippen LogP) is 7.10. The summed E-state index contributed by atoms with van der Waals surface area (Å²) in [5.41, 5.74) is -2.73. The molecule has 1 saturated heterocycles. The fourth-order valence-electron chi connectivity index (χ4n) is 9.23. The molecule has 1 amide bonds. The molecule has 4 saturated carbocycles. The SMILES string of the molecule is CC1CC2CC(C1)C(NC(=O)c1cnc(-c3cn(C4CC4)c4cc(O[C@H]5CC[C@H](N6CC(F)(F)C6)CC5)ccc34)nc1C(F)(F)F)(C(=O)O)C2. The van der Waals surface area contributed by atoms with Crippen LogP contribution in [0.1, 0.15) is 93.2 Å². The Kier molecular flexibility index (Phi) is 7.92. The van der Waals surface area contributed by atoms with E-state index in [1.54, 1.807) is 18.3 Å². The number of benzene rings is 1. The van der Waals surface area contributed by atoms with E-state index < -0.39 is 40.8 Å². The number of amides is 1. The monoisotopic (exact) mass is 701 g/mol. The molecular formula is C36H40F5N5O4. The molecule has 2 bridgehead atoms. The molecule has 0 spiro atoms. The highest BCUT2D eigenvalue weighted by atomic mass is 19.4. The van der Waals surface area contributed by atoms with Crippen molar-refractivity contribution >= 4 is 22.8 Å². The van der Waals surface area contributed by atoms with E-state index in [9.17, 15) is 36.6 Å². The van der Waals surface area contributed by atoms with E-state index in [4.69, 9.17) is 4.74 Å². The van der Waals surface area contributed by atoms with Gasteiger partial charge in [-0.05, 0) is 94.1 Å². The number of carboxylic acid groups (broad SMARTS) is 1. The molecule has 50 heavy (non-hydrogen) atoms. The Morgan fingerprint density at radius 1 is 1.02 bits per heavy atom. The summed E-state index contributed by atoms with van der Waals surface area (Å²) in [5, 5.41) is 13.4. The zero-order valence-electron chi connectivity index (χ0n) is 27.7. The van der Waals surface area contributed by atoms with Gasteiger partial charge in [0.15, 0.2) is 11.5 Å². The number of nitrogens with one attached hydrogen (secondary N) is 1. The van der Waals surface area contributed by atoms with Crippen LogP contribution < -0.4 is 10.1 Å². The molecule has 5 fully saturated rings. The Bertz CT molecular complexity index is 1830. The minimum Gasteiger partial charge on any atom is -0.490 e. The molecule has 9 nitrogen and oxygen atoms in total. The van der Waals surface area contributed by atoms with Crippen molar-refractivity contribution in [3.63, 3.8) is 0 Å². The summed E-state index contributed by atoms with van der Waals surface area (Å²) in [4.78, 5) is 36.1. The van der Waals surface area contributed by atoms with Crippen LogP contribution in [-0.4, -0.2) is 73.1 Å². The molecular weight excluding hydrogens is 661 g/mol. The summed E-state index contributed by atoms with van der Waals surface area (Å²) in [7, 11) is 0. The fraction of sp³-hybridized carbons (Fsp3) is 0.611. The minimum absolute atomic E-state index is 0.0712. The van der Waals surface area contributed by atoms with E-state index in [1.165, 1.54) is 0 Å². The van der Waals surface area contributed by atoms with Gasteiger partial charge in [-0.2, -0.15) is 13.2 Å². The van der Waals surface area contributed by atoms with Crippen molar-refractivity contribution in [2.75, 3.05) is 13.1 Å². The molecule has 14 heteroatoms. The fourth-order valence-corrected chi connectivity index (χ4v) is 9.23. The van der Waals surface area contributed by atoms with E-state index >= 15 is 0 Å². The number of aromatic nitrogens is 3. The van der Waals surface area contributed by atoms with Crippen LogP contribution in [0, 0.1) is 17.8 Å². The smallest absolute Gasteiger partial charge is 0.434 e. The van der Waals surface area contributed by atoms with Gasteiger partial charge in [-0.3, -0.25) is 9.69 Å². The number of carbonyl (C=O) groups excluding carboxylic acids is 1. The lowest BCUT2D eigenvalue weighted by atomic mass is 9.78. The quantitative estimate of drug-likeness (QED) is 0.241. The van der Waals surface area contributed by atoms with Gasteiger partial charge in [0.2, 0.25) is 0 Å². The summed E-state index contributed by atoms with van der Waals surface area (Å²) in [5.74, 6) is -4.57. The number of hydrogen-bond donors (Lipinski definition) is 2. The minimum atomic E-state index is -5.01. The van der Waals surface area contributed by atoms with Gasteiger partial charge < -0.3 is 19.7 Å². The van der Waals surface area contributed by atoms with Crippen molar-refractivity contribution in [2.24, 2.45) is 17.8 Å². The molecule has 3 heterocycles. The first-order chi connectivity index (χ1) is 23.7. The van der Waals surface area contributed by atoms with E-state index in [0.29, 0.717) is 29.5 Å². The van der Waals surface area contributed by atoms with Gasteiger partial charge in [0.05, 0.1) is 30.3 Å². The number of hydrogen-bond acceptors (Lipinski definition) is 6. The van der Waals surface area contributed by atoms with Crippen LogP contribution in [0.4, 0.5) is 22.0 Å². The van der Waals surface area contributed by atoms with Crippen LogP contribution in [-0.2, 0) is 11.0 Å². The predicted molar refractivity (Wildman–Crippen MR) is 172 cm³/mol. The highest BCUT2D eigenvalue weighted by molar-refractivity contribution is 6.00. The molecule has 1 aliphatic heterocycles. The molecule has 3 aromatic rings. The molecule has 5 aliphatic rings. The van der Waals surface area contributed by atoms with Gasteiger partial charge in [-0.15, -0.1) is 0 Å². The van der Waals surface area contributed by atoms with Crippen LogP contribution in [0.2, 0.25) is 0 Å². The number of ether oxygens (including phenoxy) is 1. The molecule has 8 rings (SSSR count). The van der Waals surface area contributed by atoms with Crippen molar-refractivity contribution in [1.29, 1.82) is 0 Å². The molecule has 4 aliphatic carbocycles. The van der Waals surface area contributed by atoms with Crippen molar-refractivity contribution in [1.82, 2.24) is 24.8 Å². The van der Waals surface area contributed by atoms with Crippen molar-refractivity contribution in [2.45, 2.75) is 107 Å². The third-order valence-corrected chi connectivity index (χ3v) is 11.7. The average molecular weight is 702 g/mol. The molecule has 4 atom stereocenters. The van der Waals surface area contributed by atoms with E-state index in [2.05, 4.69) is 15.3 Å². The number of rotatable bonds is 8. The van der Waals surface area contributed by atoms with Gasteiger partial charge >= 0.3 is 12.1 Å². The first-order valence-corrected chi connectivity index (χ1v) is 17.6. The van der Waals surface area contributed by atoms with Gasteiger partial charge in [0, 0.05) is 41.5 Å². The van der Waals surface area contributed by atoms with Gasteiger partial charge in [-0.25, -0.2) is 23.5 Å². The summed E-state index contributed by atoms with van der Waals surface area (Å²) >= 11 is 0. The second kappa shape index (κ2) is 11.9. The molecule has 0 radical (unpaired) electrons. The van der Waals surface area contributed by atoms with E-state index in [1.807, 2.05) is 22.5 Å². The standard InChI is InChI=1S/C36H40F5N5O4/c1-19-10-20-12-21(11-19)35(14-20,33(48)49)44-32(47)27-15-42-31(43-30(27)36(39,40)41)28-16-46(23-2-3-23)29-13-25(8-9-26(28)29)50-24-6-4-22(5-7-24)45-17-34(37,38)18-45/h8-9,13,15-16,19-24H,2-7,10-12,14,17-18H2,1H3,(H,44,47)(H,48,49)/t19?,20?,21?,22-,24-,35?. The third-order valence-electron chi connectivity index (χ3n) is 11.7. The van der Waals surface area contributed by atoms with Crippen LogP contribution in [0.25, 0.3) is 22.3 Å². The van der Waals surface area contributed by atoms with Gasteiger partial charge in [0.1, 0.15) is 11.3 Å². The maximum atomic E-state index is 14.6. The second-order valence-electron chi connectivity index (χ2n) is 15.4. The summed E-state index contributed by atoms with van der Waals surface area (Å²) in [6.45, 7) is 1.66. The lowest BCUT2D eigenvalue weighted by Crippen LogP contribution is -2.60. The lowest BCUT2D eigenvalue weighted by molar-refractivity contribution is -0.151. The zero-order chi connectivity index (χ0) is 35.2. The van der Waals surface area contributed by atoms with Crippen LogP contribution in [0.3, 0.4) is 0 Å². The highest BCUT2D eigenvalue weighted by Gasteiger charge is 2.56. The summed E-state index contributed by atoms with van der Waals surface area (Å²) in [6.07, 6.45) is 4.55. The van der Waals surface area contributed by atoms with Crippen LogP contribution in [0.15, 0.2) is 30.6 Å². The maximum Gasteiger partial charge on any atom is 0.434 e. The molecule has 4 unspecified atom stereocenters. The van der Waals surface area contributed by atoms with Gasteiger partial charge in [0.25, 0.3) is 11.8 Å². The van der Waals surface area contributed by atoms with Gasteiger partial charge in [-0.1, -0.05) is 6.92 Å². The first-order valence-electron chi connectivity index (χ1n) is 17.6. The first kappa shape index (κ1) is 33.3. The summed E-state index contributed by atoms with van der Waals surface area (Å²) < 4.78 is 78.7. The Labute approximate surface area is 285 Å². The lowest BCUT2D eigenvalue weighted by Gasteiger charge is -2.46. The number of carbonyl (C=O) groups is 2. The zero-order valence-corrected chi connectivity index (χ0v) is 27.7. The number of halogens is 5. The Hall–Kier alpha value is -3.81. The molecule has 2 N–H and O–H groups in total. The number of aliphatic carboxylic acids is 1. The van der Waals surface area contributed by atoms with Crippen molar-refractivity contribution in [3.05, 3.63) is 41.9 Å². The van der Waals surface area contributed by atoms with Crippen molar-refractivity contribution < 1.29 is 41.4 Å². The second-order valence-corrected chi connectivity index (χ2v) is 15.4. The Morgan fingerprint density at radius 2 is 1.74 bits per heavy atom.